The molecule has 2 aliphatic heterocycles. The summed E-state index contributed by atoms with van der Waals surface area (Å²) in [6.45, 7) is 12.5. The fourth-order valence-electron chi connectivity index (χ4n) is 7.76. The molecule has 2 unspecified atom stereocenters. The normalized spacial score (nSPS) is 18.6. The van der Waals surface area contributed by atoms with Gasteiger partial charge in [0.25, 0.3) is 0 Å². The van der Waals surface area contributed by atoms with Crippen LogP contribution >= 0.6 is 0 Å². The summed E-state index contributed by atoms with van der Waals surface area (Å²) in [4.78, 5) is 32.7. The highest BCUT2D eigenvalue weighted by Crippen LogP contribution is 2.42. The van der Waals surface area contributed by atoms with Gasteiger partial charge in [0, 0.05) is 60.3 Å². The van der Waals surface area contributed by atoms with Crippen LogP contribution in [-0.2, 0) is 4.74 Å². The molecule has 0 spiro atoms. The number of hydrogen-bond donors (Lipinski definition) is 1. The maximum atomic E-state index is 14.7. The topological polar surface area (TPSA) is 101 Å². The van der Waals surface area contributed by atoms with E-state index in [1.165, 1.54) is 23.1 Å². The Hall–Kier alpha value is -5.78. The minimum atomic E-state index is -1.03. The van der Waals surface area contributed by atoms with Gasteiger partial charge in [0.1, 0.15) is 35.1 Å². The van der Waals surface area contributed by atoms with E-state index in [2.05, 4.69) is 0 Å². The fraction of sp³-hybridized carbons (Fsp3) is 0.356. The minimum Gasteiger partial charge on any atom is -0.488 e. The van der Waals surface area contributed by atoms with E-state index in [1.807, 2.05) is 71.9 Å². The van der Waals surface area contributed by atoms with Crippen molar-refractivity contribution in [1.29, 1.82) is 0 Å². The lowest BCUT2D eigenvalue weighted by molar-refractivity contribution is 0.0275. The molecule has 0 aliphatic carbocycles. The van der Waals surface area contributed by atoms with E-state index in [-0.39, 0.29) is 11.9 Å². The molecule has 12 heteroatoms. The van der Waals surface area contributed by atoms with E-state index in [0.717, 1.165) is 34.4 Å². The molecular weight excluding hydrogens is 736 g/mol. The van der Waals surface area contributed by atoms with Crippen LogP contribution in [0, 0.1) is 22.9 Å². The van der Waals surface area contributed by atoms with E-state index in [4.69, 9.17) is 19.2 Å². The van der Waals surface area contributed by atoms with Gasteiger partial charge >= 0.3 is 12.2 Å². The molecule has 57 heavy (non-hydrogen) atoms. The number of amides is 2. The van der Waals surface area contributed by atoms with Gasteiger partial charge < -0.3 is 29.1 Å². The predicted octanol–water partition coefficient (Wildman–Crippen LogP) is 10.6. The third-order valence-electron chi connectivity index (χ3n) is 10.3. The van der Waals surface area contributed by atoms with Crippen molar-refractivity contribution >= 4 is 23.1 Å². The number of halogens is 3. The van der Waals surface area contributed by atoms with E-state index in [0.29, 0.717) is 66.0 Å². The zero-order chi connectivity index (χ0) is 40.8. The first-order valence-corrected chi connectivity index (χ1v) is 19.0. The van der Waals surface area contributed by atoms with Crippen molar-refractivity contribution in [3.8, 4) is 44.9 Å². The number of nitrogens with zero attached hydrogens (tertiary/aromatic N) is 3. The smallest absolute Gasteiger partial charge is 0.410 e. The van der Waals surface area contributed by atoms with Crippen molar-refractivity contribution in [2.45, 2.75) is 78.2 Å². The second kappa shape index (κ2) is 15.3. The number of hydrogen-bond acceptors (Lipinski definition) is 6. The van der Waals surface area contributed by atoms with Crippen LogP contribution in [0.2, 0.25) is 0 Å². The second-order valence-corrected chi connectivity index (χ2v) is 16.8. The van der Waals surface area contributed by atoms with Crippen LogP contribution in [0.5, 0.6) is 11.5 Å². The summed E-state index contributed by atoms with van der Waals surface area (Å²) in [7, 11) is 0. The van der Waals surface area contributed by atoms with Gasteiger partial charge in [-0.1, -0.05) is 45.0 Å². The van der Waals surface area contributed by atoms with Crippen LogP contribution in [0.3, 0.4) is 0 Å². The Morgan fingerprint density at radius 2 is 1.44 bits per heavy atom. The average molecular weight is 782 g/mol. The number of carbonyl (C=O) groups is 2. The number of fused-ring (bicyclic) bond motifs is 1. The zero-order valence-corrected chi connectivity index (χ0v) is 32.8. The lowest BCUT2D eigenvalue weighted by Crippen LogP contribution is -2.48. The molecule has 2 saturated heterocycles. The van der Waals surface area contributed by atoms with Crippen LogP contribution in [0.15, 0.2) is 85.1 Å². The van der Waals surface area contributed by atoms with Crippen molar-refractivity contribution in [2.75, 3.05) is 19.6 Å². The van der Waals surface area contributed by atoms with Gasteiger partial charge in [-0.3, -0.25) is 4.98 Å². The van der Waals surface area contributed by atoms with Crippen molar-refractivity contribution in [1.82, 2.24) is 14.8 Å². The largest absolute Gasteiger partial charge is 0.488 e. The molecular formula is C45H46F3N3O6. The third kappa shape index (κ3) is 8.65. The van der Waals surface area contributed by atoms with Gasteiger partial charge in [-0.25, -0.2) is 22.8 Å². The zero-order valence-electron chi connectivity index (χ0n) is 32.8. The average Bonchev–Trinajstić information content (AvgIpc) is 3.80. The molecule has 0 saturated carbocycles. The number of benzene rings is 4. The van der Waals surface area contributed by atoms with E-state index < -0.39 is 47.0 Å². The number of carboxylic acid groups (broad SMARTS) is 1. The van der Waals surface area contributed by atoms with Crippen LogP contribution in [0.1, 0.15) is 54.4 Å². The van der Waals surface area contributed by atoms with Crippen molar-refractivity contribution in [2.24, 2.45) is 5.41 Å². The van der Waals surface area contributed by atoms with Crippen LogP contribution in [0.4, 0.5) is 22.8 Å². The summed E-state index contributed by atoms with van der Waals surface area (Å²) in [6.07, 6.45) is 0.580. The molecule has 0 bridgehead atoms. The maximum absolute atomic E-state index is 14.7. The highest BCUT2D eigenvalue weighted by atomic mass is 19.2. The molecule has 298 valence electrons. The first-order chi connectivity index (χ1) is 26.9. The molecule has 7 rings (SSSR count). The van der Waals surface area contributed by atoms with E-state index >= 15 is 0 Å². The summed E-state index contributed by atoms with van der Waals surface area (Å²) >= 11 is 0. The van der Waals surface area contributed by atoms with Crippen LogP contribution in [-0.4, -0.2) is 75.6 Å². The number of pyridine rings is 1. The van der Waals surface area contributed by atoms with Crippen LogP contribution in [0.25, 0.3) is 44.3 Å². The molecule has 2 fully saturated rings. The molecule has 1 aromatic heterocycles. The molecule has 3 heterocycles. The Kier molecular flexibility index (Phi) is 10.6. The number of aromatic nitrogens is 1. The molecule has 2 amide bonds. The quantitative estimate of drug-likeness (QED) is 0.175. The SMILES string of the molecule is CC(C)(C)OC(=O)N1CC[C@H](Oc2ccc(-c3cnc4cc(OC5CCN(C(=O)O)C5C(C)(C)C)c(-c5ccc(F)c(F)c5)cc4c3)cc2-c2ccc(F)cc2)C1. The molecule has 3 atom stereocenters. The summed E-state index contributed by atoms with van der Waals surface area (Å²) in [6, 6.07) is 20.5. The first-order valence-electron chi connectivity index (χ1n) is 19.0. The van der Waals surface area contributed by atoms with E-state index in [9.17, 15) is 27.9 Å². The Morgan fingerprint density at radius 1 is 0.737 bits per heavy atom. The monoisotopic (exact) mass is 781 g/mol. The highest BCUT2D eigenvalue weighted by molar-refractivity contribution is 5.91. The van der Waals surface area contributed by atoms with Gasteiger partial charge in [-0.15, -0.1) is 0 Å². The summed E-state index contributed by atoms with van der Waals surface area (Å²) in [5.74, 6) is -1.43. The number of rotatable bonds is 7. The number of likely N-dealkylation sites (tertiary alicyclic amines) is 2. The first kappa shape index (κ1) is 39.5. The highest BCUT2D eigenvalue weighted by Gasteiger charge is 2.45. The molecule has 2 aliphatic rings. The Labute approximate surface area is 330 Å². The molecule has 9 nitrogen and oxygen atoms in total. The summed E-state index contributed by atoms with van der Waals surface area (Å²) < 4.78 is 61.5. The molecule has 0 radical (unpaired) electrons. The second-order valence-electron chi connectivity index (χ2n) is 16.8. The van der Waals surface area contributed by atoms with Gasteiger partial charge in [0.05, 0.1) is 18.1 Å². The molecule has 4 aromatic carbocycles. The third-order valence-corrected chi connectivity index (χ3v) is 10.3. The fourth-order valence-corrected chi connectivity index (χ4v) is 7.76. The maximum Gasteiger partial charge on any atom is 0.410 e. The van der Waals surface area contributed by atoms with Crippen molar-refractivity contribution in [3.63, 3.8) is 0 Å². The van der Waals surface area contributed by atoms with Gasteiger partial charge in [-0.2, -0.15) is 0 Å². The summed E-state index contributed by atoms with van der Waals surface area (Å²) in [5, 5.41) is 10.7. The molecule has 5 aromatic rings. The lowest BCUT2D eigenvalue weighted by atomic mass is 9.83. The van der Waals surface area contributed by atoms with E-state index in [1.54, 1.807) is 29.3 Å². The van der Waals surface area contributed by atoms with Crippen LogP contribution < -0.4 is 9.47 Å². The molecule has 1 N–H and O–H groups in total. The van der Waals surface area contributed by atoms with Gasteiger partial charge in [0.15, 0.2) is 11.6 Å². The standard InChI is InChI=1S/C45H46F3N3O6/c1-44(2,3)41-39(16-18-51(41)42(52)53)56-40-23-37-29(21-34(40)28-9-13-35(47)36(48)22-28)19-30(24-49-37)27-10-14-38(33(20-27)26-7-11-31(46)12-8-26)55-32-15-17-50(25-32)43(54)57-45(4,5)6/h7-14,19-24,32,39,41H,15-18,25H2,1-6H3,(H,52,53)/t32-,39?,41?/m0/s1. The van der Waals surface area contributed by atoms with Gasteiger partial charge in [0.2, 0.25) is 0 Å². The predicted molar refractivity (Wildman–Crippen MR) is 212 cm³/mol. The minimum absolute atomic E-state index is 0.286. The van der Waals surface area contributed by atoms with Gasteiger partial charge in [-0.05, 0) is 91.4 Å². The van der Waals surface area contributed by atoms with Crippen molar-refractivity contribution in [3.05, 3.63) is 103 Å². The van der Waals surface area contributed by atoms with Crippen molar-refractivity contribution < 1.29 is 42.1 Å². The lowest BCUT2D eigenvalue weighted by Gasteiger charge is -2.37. The Balaban J connectivity index is 1.25. The number of carbonyl (C=O) groups excluding carboxylic acids is 1. The summed E-state index contributed by atoms with van der Waals surface area (Å²) in [5.41, 5.74) is 3.38. The Bertz CT molecular complexity index is 2320. The number of ether oxygens (including phenoxy) is 3. The Morgan fingerprint density at radius 3 is 2.12 bits per heavy atom.